The van der Waals surface area contributed by atoms with Gasteiger partial charge < -0.3 is 0 Å². The fourth-order valence-corrected chi connectivity index (χ4v) is 16.1. The number of hydrogen-bond donors (Lipinski definition) is 0. The van der Waals surface area contributed by atoms with Crippen molar-refractivity contribution in [3.05, 3.63) is 215 Å². The topological polar surface area (TPSA) is 17.1 Å². The number of hydrogen-bond acceptors (Lipinski definition) is 1. The Balaban J connectivity index is 1.64. The van der Waals surface area contributed by atoms with E-state index in [1.54, 1.807) is 0 Å². The fraction of sp³-hybridized carbons (Fsp3) is 0.143. The maximum absolute atomic E-state index is 16.6. The SMILES string of the molecule is [O]=[Sn]([C](Cc1ccccc1)(Cc1ccccc1)c1ccccc1)[C](Cc1ccccc1)(Cc1ccccc1)c1ccccc1. The van der Waals surface area contributed by atoms with Crippen molar-refractivity contribution in [2.75, 3.05) is 0 Å². The second-order valence-electron chi connectivity index (χ2n) is 11.9. The van der Waals surface area contributed by atoms with Gasteiger partial charge in [0.1, 0.15) is 0 Å². The zero-order valence-corrected chi connectivity index (χ0v) is 27.9. The Morgan fingerprint density at radius 1 is 0.318 bits per heavy atom. The van der Waals surface area contributed by atoms with Crippen LogP contribution in [0.15, 0.2) is 182 Å². The summed E-state index contributed by atoms with van der Waals surface area (Å²) >= 11 is -3.95. The van der Waals surface area contributed by atoms with Gasteiger partial charge in [0.25, 0.3) is 0 Å². The Labute approximate surface area is 269 Å². The first kappa shape index (κ1) is 30.0. The Morgan fingerprint density at radius 3 is 0.750 bits per heavy atom. The van der Waals surface area contributed by atoms with Crippen LogP contribution in [0.4, 0.5) is 0 Å². The first-order valence-electron chi connectivity index (χ1n) is 15.5. The standard InChI is InChI=1S/2C21H19.O.Sn/c2*1-4-10-18(11-5-1)16-21(20-14-8-3-9-15-20)17-19-12-6-2-7-13-19;;/h2*1-15H,16-17H2;;. The molecule has 0 heterocycles. The van der Waals surface area contributed by atoms with Crippen LogP contribution in [0.3, 0.4) is 0 Å². The van der Waals surface area contributed by atoms with Gasteiger partial charge in [0.05, 0.1) is 0 Å². The van der Waals surface area contributed by atoms with Crippen LogP contribution < -0.4 is 0 Å². The molecule has 6 aromatic rings. The van der Waals surface area contributed by atoms with Crippen molar-refractivity contribution in [2.24, 2.45) is 0 Å². The van der Waals surface area contributed by atoms with E-state index >= 15 is 3.08 Å². The van der Waals surface area contributed by atoms with Gasteiger partial charge in [0.2, 0.25) is 0 Å². The predicted octanol–water partition coefficient (Wildman–Crippen LogP) is 9.33. The first-order chi connectivity index (χ1) is 21.7. The molecular weight excluding hydrogens is 639 g/mol. The third-order valence-electron chi connectivity index (χ3n) is 8.92. The van der Waals surface area contributed by atoms with Crippen LogP contribution in [0.2, 0.25) is 0 Å². The molecule has 0 aromatic heterocycles. The van der Waals surface area contributed by atoms with Crippen LogP contribution in [-0.2, 0) is 35.6 Å². The molecular formula is C42H38OSn. The molecule has 0 radical (unpaired) electrons. The first-order valence-corrected chi connectivity index (χ1v) is 19.5. The molecule has 1 nitrogen and oxygen atoms in total. The number of benzene rings is 6. The molecule has 6 rings (SSSR count). The van der Waals surface area contributed by atoms with E-state index in [9.17, 15) is 0 Å². The van der Waals surface area contributed by atoms with Crippen LogP contribution in [0.1, 0.15) is 33.4 Å². The summed E-state index contributed by atoms with van der Waals surface area (Å²) < 4.78 is 15.5. The molecule has 0 fully saturated rings. The van der Waals surface area contributed by atoms with Gasteiger partial charge in [-0.15, -0.1) is 0 Å². The van der Waals surface area contributed by atoms with E-state index in [0.717, 1.165) is 25.7 Å². The minimum atomic E-state index is -3.95. The van der Waals surface area contributed by atoms with Gasteiger partial charge in [-0.05, 0) is 0 Å². The van der Waals surface area contributed by atoms with E-state index in [1.165, 1.54) is 33.4 Å². The fourth-order valence-electron chi connectivity index (χ4n) is 6.87. The zero-order valence-electron chi connectivity index (χ0n) is 25.1. The van der Waals surface area contributed by atoms with E-state index in [-0.39, 0.29) is 0 Å². The van der Waals surface area contributed by atoms with Crippen LogP contribution >= 0.6 is 0 Å². The molecule has 2 heteroatoms. The van der Waals surface area contributed by atoms with Gasteiger partial charge >= 0.3 is 271 Å². The third kappa shape index (κ3) is 6.69. The summed E-state index contributed by atoms with van der Waals surface area (Å²) in [5.74, 6) is 0. The van der Waals surface area contributed by atoms with Crippen molar-refractivity contribution in [1.29, 1.82) is 0 Å². The third-order valence-corrected chi connectivity index (χ3v) is 17.5. The molecule has 0 unspecified atom stereocenters. The van der Waals surface area contributed by atoms with Crippen LogP contribution in [0, 0.1) is 0 Å². The second-order valence-corrected chi connectivity index (χ2v) is 19.2. The van der Waals surface area contributed by atoms with E-state index in [0.29, 0.717) is 0 Å². The molecule has 0 N–H and O–H groups in total. The Kier molecular flexibility index (Phi) is 9.63. The quantitative estimate of drug-likeness (QED) is 0.118. The molecule has 0 atom stereocenters. The van der Waals surface area contributed by atoms with Gasteiger partial charge in [-0.2, -0.15) is 0 Å². The monoisotopic (exact) mass is 678 g/mol. The molecule has 0 aliphatic carbocycles. The van der Waals surface area contributed by atoms with Crippen molar-refractivity contribution in [1.82, 2.24) is 0 Å². The van der Waals surface area contributed by atoms with E-state index in [2.05, 4.69) is 182 Å². The summed E-state index contributed by atoms with van der Waals surface area (Å²) in [6.45, 7) is 0. The minimum absolute atomic E-state index is 0.550. The second kappa shape index (κ2) is 14.1. The van der Waals surface area contributed by atoms with Crippen molar-refractivity contribution in [3.8, 4) is 0 Å². The van der Waals surface area contributed by atoms with Crippen molar-refractivity contribution in [3.63, 3.8) is 0 Å². The molecule has 0 amide bonds. The summed E-state index contributed by atoms with van der Waals surface area (Å²) in [6.07, 6.45) is 2.90. The van der Waals surface area contributed by atoms with Crippen LogP contribution in [0.5, 0.6) is 0 Å². The van der Waals surface area contributed by atoms with Gasteiger partial charge in [-0.3, -0.25) is 0 Å². The van der Waals surface area contributed by atoms with Crippen molar-refractivity contribution < 1.29 is 3.08 Å². The summed E-state index contributed by atoms with van der Waals surface area (Å²) in [5.41, 5.74) is 7.26. The molecule has 0 saturated carbocycles. The maximum atomic E-state index is 16.6. The molecule has 0 saturated heterocycles. The molecule has 0 bridgehead atoms. The van der Waals surface area contributed by atoms with E-state index in [4.69, 9.17) is 0 Å². The Hall–Kier alpha value is -4.08. The summed E-state index contributed by atoms with van der Waals surface area (Å²) in [6, 6.07) is 64.4. The van der Waals surface area contributed by atoms with Gasteiger partial charge in [-0.1, -0.05) is 0 Å². The molecule has 6 aromatic carbocycles. The summed E-state index contributed by atoms with van der Waals surface area (Å²) in [5, 5.41) is 0. The van der Waals surface area contributed by atoms with Crippen LogP contribution in [0.25, 0.3) is 0 Å². The van der Waals surface area contributed by atoms with Crippen molar-refractivity contribution >= 4 is 19.7 Å². The van der Waals surface area contributed by atoms with E-state index < -0.39 is 26.6 Å². The number of rotatable bonds is 12. The molecule has 0 aliphatic heterocycles. The normalized spacial score (nSPS) is 11.6. The molecule has 216 valence electrons. The van der Waals surface area contributed by atoms with Gasteiger partial charge in [-0.25, -0.2) is 0 Å². The average Bonchev–Trinajstić information content (AvgIpc) is 3.10. The molecule has 0 aliphatic rings. The van der Waals surface area contributed by atoms with Crippen molar-refractivity contribution in [2.45, 2.75) is 32.5 Å². The predicted molar refractivity (Wildman–Crippen MR) is 183 cm³/mol. The van der Waals surface area contributed by atoms with Gasteiger partial charge in [0.15, 0.2) is 0 Å². The van der Waals surface area contributed by atoms with Crippen LogP contribution in [-0.4, -0.2) is 19.7 Å². The van der Waals surface area contributed by atoms with Gasteiger partial charge in [0, 0.05) is 0 Å². The molecule has 44 heavy (non-hydrogen) atoms. The average molecular weight is 677 g/mol. The summed E-state index contributed by atoms with van der Waals surface area (Å²) in [4.78, 5) is 0. The molecule has 0 spiro atoms. The Morgan fingerprint density at radius 2 is 0.523 bits per heavy atom. The zero-order chi connectivity index (χ0) is 30.1. The Bertz CT molecular complexity index is 1520. The van der Waals surface area contributed by atoms with E-state index in [1.807, 2.05) is 0 Å². The summed E-state index contributed by atoms with van der Waals surface area (Å²) in [7, 11) is 0.